The average molecular weight is 405 g/mol. The number of nitro benzene ring substituents is 1. The second-order valence-corrected chi connectivity index (χ2v) is 6.48. The van der Waals surface area contributed by atoms with Crippen molar-refractivity contribution < 1.29 is 19.5 Å². The molecule has 4 N–H and O–H groups in total. The Hall–Kier alpha value is -4.52. The first-order chi connectivity index (χ1) is 14.4. The summed E-state index contributed by atoms with van der Waals surface area (Å²) in [6.07, 6.45) is 0. The van der Waals surface area contributed by atoms with Crippen molar-refractivity contribution in [2.75, 3.05) is 7.11 Å². The Bertz CT molecular complexity index is 1240. The molecule has 0 unspecified atom stereocenters. The van der Waals surface area contributed by atoms with E-state index < -0.39 is 10.8 Å². The van der Waals surface area contributed by atoms with E-state index in [1.807, 2.05) is 0 Å². The van der Waals surface area contributed by atoms with E-state index in [0.29, 0.717) is 22.4 Å². The third kappa shape index (κ3) is 2.94. The SMILES string of the molecule is COc1cc([C@@H]2C(C#N)=C(N)Oc3n[nH]c(-c4cccc([N+](=O)[O-])c4)c32)ccc1O. The fourth-order valence-corrected chi connectivity index (χ4v) is 3.45. The maximum atomic E-state index is 11.2. The highest BCUT2D eigenvalue weighted by atomic mass is 16.6. The van der Waals surface area contributed by atoms with Crippen LogP contribution in [-0.2, 0) is 0 Å². The first-order valence-corrected chi connectivity index (χ1v) is 8.72. The predicted molar refractivity (Wildman–Crippen MR) is 105 cm³/mol. The average Bonchev–Trinajstić information content (AvgIpc) is 3.16. The lowest BCUT2D eigenvalue weighted by atomic mass is 9.83. The number of fused-ring (bicyclic) bond motifs is 1. The van der Waals surface area contributed by atoms with Gasteiger partial charge in [-0.3, -0.25) is 15.2 Å². The molecule has 0 radical (unpaired) electrons. The number of ether oxygens (including phenoxy) is 2. The molecule has 4 rings (SSSR count). The molecule has 0 aliphatic carbocycles. The maximum absolute atomic E-state index is 11.2. The zero-order valence-electron chi connectivity index (χ0n) is 15.6. The van der Waals surface area contributed by atoms with E-state index in [1.54, 1.807) is 24.3 Å². The minimum atomic E-state index is -0.693. The number of H-pyrrole nitrogens is 1. The van der Waals surface area contributed by atoms with Crippen molar-refractivity contribution in [1.29, 1.82) is 5.26 Å². The molecule has 2 heterocycles. The lowest BCUT2D eigenvalue weighted by molar-refractivity contribution is -0.384. The Morgan fingerprint density at radius 1 is 1.37 bits per heavy atom. The van der Waals surface area contributed by atoms with Crippen LogP contribution in [-0.4, -0.2) is 27.3 Å². The van der Waals surface area contributed by atoms with Gasteiger partial charge in [0.15, 0.2) is 11.5 Å². The molecule has 1 aliphatic heterocycles. The van der Waals surface area contributed by atoms with E-state index >= 15 is 0 Å². The molecule has 1 aliphatic rings. The molecule has 0 saturated carbocycles. The van der Waals surface area contributed by atoms with E-state index in [2.05, 4.69) is 16.3 Å². The summed E-state index contributed by atoms with van der Waals surface area (Å²) in [5.41, 5.74) is 8.04. The number of nitro groups is 1. The molecule has 10 heteroatoms. The minimum absolute atomic E-state index is 0.0601. The van der Waals surface area contributed by atoms with Gasteiger partial charge in [-0.15, -0.1) is 5.10 Å². The highest BCUT2D eigenvalue weighted by molar-refractivity contribution is 5.72. The molecule has 0 fully saturated rings. The Balaban J connectivity index is 1.95. The number of nitrogens with one attached hydrogen (secondary N) is 1. The Morgan fingerprint density at radius 2 is 2.17 bits per heavy atom. The van der Waals surface area contributed by atoms with Crippen molar-refractivity contribution in [2.24, 2.45) is 5.73 Å². The number of hydrogen-bond acceptors (Lipinski definition) is 8. The van der Waals surface area contributed by atoms with Crippen LogP contribution in [0.5, 0.6) is 17.4 Å². The number of methoxy groups -OCH3 is 1. The molecule has 2 aromatic carbocycles. The van der Waals surface area contributed by atoms with Gasteiger partial charge >= 0.3 is 0 Å². The van der Waals surface area contributed by atoms with Gasteiger partial charge in [-0.1, -0.05) is 18.2 Å². The molecule has 3 aromatic rings. The maximum Gasteiger partial charge on any atom is 0.270 e. The number of nitriles is 1. The first-order valence-electron chi connectivity index (χ1n) is 8.72. The number of aromatic hydroxyl groups is 1. The van der Waals surface area contributed by atoms with Crippen LogP contribution < -0.4 is 15.2 Å². The standard InChI is InChI=1S/C20H15N5O5/c1-29-15-8-10(5-6-14(15)26)16-13(9-21)19(22)30-20-17(16)18(23-24-20)11-3-2-4-12(7-11)25(27)28/h2-8,16,26H,22H2,1H3,(H,23,24)/t16-/m1/s1. The fraction of sp³-hybridized carbons (Fsp3) is 0.100. The monoisotopic (exact) mass is 405 g/mol. The smallest absolute Gasteiger partial charge is 0.270 e. The van der Waals surface area contributed by atoms with E-state index in [4.69, 9.17) is 15.2 Å². The Kier molecular flexibility index (Phi) is 4.48. The number of rotatable bonds is 4. The quantitative estimate of drug-likeness (QED) is 0.441. The third-order valence-electron chi connectivity index (χ3n) is 4.82. The fourth-order valence-electron chi connectivity index (χ4n) is 3.45. The number of nitrogens with two attached hydrogens (primary N) is 1. The molecule has 1 atom stereocenters. The summed E-state index contributed by atoms with van der Waals surface area (Å²) < 4.78 is 10.7. The van der Waals surface area contributed by atoms with Crippen LogP contribution in [0.25, 0.3) is 11.3 Å². The van der Waals surface area contributed by atoms with Gasteiger partial charge in [0.25, 0.3) is 5.69 Å². The zero-order valence-corrected chi connectivity index (χ0v) is 15.6. The van der Waals surface area contributed by atoms with Gasteiger partial charge in [-0.25, -0.2) is 0 Å². The van der Waals surface area contributed by atoms with E-state index in [-0.39, 0.29) is 34.5 Å². The van der Waals surface area contributed by atoms with Crippen LogP contribution in [0.1, 0.15) is 17.0 Å². The second kappa shape index (κ2) is 7.14. The highest BCUT2D eigenvalue weighted by Crippen LogP contribution is 2.47. The number of phenols is 1. The summed E-state index contributed by atoms with van der Waals surface area (Å²) in [6.45, 7) is 0. The highest BCUT2D eigenvalue weighted by Gasteiger charge is 2.36. The number of hydrogen-bond donors (Lipinski definition) is 3. The van der Waals surface area contributed by atoms with Crippen molar-refractivity contribution >= 4 is 5.69 Å². The summed E-state index contributed by atoms with van der Waals surface area (Å²) in [5, 5.41) is 37.9. The van der Waals surface area contributed by atoms with Crippen LogP contribution in [0.3, 0.4) is 0 Å². The van der Waals surface area contributed by atoms with Gasteiger partial charge in [0, 0.05) is 17.7 Å². The molecular formula is C20H15N5O5. The summed E-state index contributed by atoms with van der Waals surface area (Å²) in [4.78, 5) is 10.7. The van der Waals surface area contributed by atoms with Gasteiger partial charge in [0.1, 0.15) is 11.6 Å². The van der Waals surface area contributed by atoms with Crippen LogP contribution in [0.2, 0.25) is 0 Å². The molecule has 0 bridgehead atoms. The topological polar surface area (TPSA) is 160 Å². The molecule has 0 saturated heterocycles. The van der Waals surface area contributed by atoms with Gasteiger partial charge in [0.05, 0.1) is 29.2 Å². The van der Waals surface area contributed by atoms with Gasteiger partial charge in [-0.2, -0.15) is 5.26 Å². The molecule has 10 nitrogen and oxygen atoms in total. The Labute approximate surface area is 169 Å². The van der Waals surface area contributed by atoms with Gasteiger partial charge < -0.3 is 20.3 Å². The van der Waals surface area contributed by atoms with Crippen LogP contribution in [0.4, 0.5) is 5.69 Å². The Morgan fingerprint density at radius 3 is 2.87 bits per heavy atom. The third-order valence-corrected chi connectivity index (χ3v) is 4.82. The zero-order chi connectivity index (χ0) is 21.4. The lowest BCUT2D eigenvalue weighted by Gasteiger charge is -2.24. The van der Waals surface area contributed by atoms with Crippen molar-refractivity contribution in [1.82, 2.24) is 10.2 Å². The largest absolute Gasteiger partial charge is 0.504 e. The molecule has 0 spiro atoms. The number of non-ortho nitro benzene ring substituents is 1. The summed E-state index contributed by atoms with van der Waals surface area (Å²) in [5.74, 6) is -0.475. The number of allylic oxidation sites excluding steroid dienone is 1. The van der Waals surface area contributed by atoms with Gasteiger partial charge in [-0.05, 0) is 17.7 Å². The summed E-state index contributed by atoms with van der Waals surface area (Å²) in [6, 6.07) is 12.7. The second-order valence-electron chi connectivity index (χ2n) is 6.48. The molecule has 1 aromatic heterocycles. The van der Waals surface area contributed by atoms with Crippen molar-refractivity contribution in [3.05, 3.63) is 75.2 Å². The summed E-state index contributed by atoms with van der Waals surface area (Å²) in [7, 11) is 1.41. The van der Waals surface area contributed by atoms with Crippen LogP contribution in [0.15, 0.2) is 53.9 Å². The number of aromatic amines is 1. The summed E-state index contributed by atoms with van der Waals surface area (Å²) >= 11 is 0. The van der Waals surface area contributed by atoms with Crippen LogP contribution >= 0.6 is 0 Å². The molecular weight excluding hydrogens is 390 g/mol. The molecule has 150 valence electrons. The lowest BCUT2D eigenvalue weighted by Crippen LogP contribution is -2.21. The van der Waals surface area contributed by atoms with Crippen molar-refractivity contribution in [3.8, 4) is 34.7 Å². The number of nitrogens with zero attached hydrogens (tertiary/aromatic N) is 3. The van der Waals surface area contributed by atoms with Crippen molar-refractivity contribution in [3.63, 3.8) is 0 Å². The van der Waals surface area contributed by atoms with E-state index in [0.717, 1.165) is 0 Å². The number of phenolic OH excluding ortho intramolecular Hbond substituents is 1. The van der Waals surface area contributed by atoms with Crippen molar-refractivity contribution in [2.45, 2.75) is 5.92 Å². The van der Waals surface area contributed by atoms with E-state index in [1.165, 1.54) is 25.3 Å². The van der Waals surface area contributed by atoms with Gasteiger partial charge in [0.2, 0.25) is 11.8 Å². The first kappa shape index (κ1) is 18.8. The molecule has 30 heavy (non-hydrogen) atoms. The molecule has 0 amide bonds. The van der Waals surface area contributed by atoms with Crippen LogP contribution in [0, 0.1) is 21.4 Å². The van der Waals surface area contributed by atoms with E-state index in [9.17, 15) is 20.5 Å². The minimum Gasteiger partial charge on any atom is -0.504 e. The number of aromatic nitrogens is 2. The number of benzene rings is 2. The normalized spacial score (nSPS) is 15.1. The predicted octanol–water partition coefficient (Wildman–Crippen LogP) is 2.92.